The average Bonchev–Trinajstić information content (AvgIpc) is 4.02. The first-order valence-corrected chi connectivity index (χ1v) is 21.3. The third-order valence-electron chi connectivity index (χ3n) is 12.9. The molecule has 0 radical (unpaired) electrons. The van der Waals surface area contributed by atoms with Gasteiger partial charge in [-0.05, 0) is 75.1 Å². The highest BCUT2D eigenvalue weighted by Crippen LogP contribution is 2.45. The Bertz CT molecular complexity index is 4130. The van der Waals surface area contributed by atoms with Crippen LogP contribution >= 0.6 is 0 Å². The standard InChI is InChI=1S/C57H33N5O/c1-3-14-34(15-4-1)35-26-28-36(29-27-35)55-58-56(37-32-46-40-19-8-7-18-39(40)43-22-13-25-49-51(43)52(46)50(33-37)63-49)60-57(59-55)62-48-24-12-10-21-42(48)45-31-30-44-41-20-9-11-23-47(41)61(53(44)54(45)62)38-16-5-2-6-17-38/h1-33H. The Morgan fingerprint density at radius 2 is 0.841 bits per heavy atom. The van der Waals surface area contributed by atoms with Crippen LogP contribution in [-0.2, 0) is 0 Å². The Morgan fingerprint density at radius 1 is 0.317 bits per heavy atom. The fraction of sp³-hybridized carbons (Fsp3) is 0. The van der Waals surface area contributed by atoms with Crippen molar-refractivity contribution in [2.24, 2.45) is 0 Å². The van der Waals surface area contributed by atoms with Gasteiger partial charge in [-0.1, -0.05) is 158 Å². The molecule has 0 aliphatic carbocycles. The fourth-order valence-electron chi connectivity index (χ4n) is 10.2. The number of nitrogens with zero attached hydrogens (tertiary/aromatic N) is 5. The van der Waals surface area contributed by atoms with Crippen molar-refractivity contribution >= 4 is 87.1 Å². The fourth-order valence-corrected chi connectivity index (χ4v) is 10.2. The third-order valence-corrected chi connectivity index (χ3v) is 12.9. The predicted octanol–water partition coefficient (Wildman–Crippen LogP) is 14.7. The molecule has 0 fully saturated rings. The Balaban J connectivity index is 1.10. The van der Waals surface area contributed by atoms with Crippen LogP contribution in [0.15, 0.2) is 205 Å². The highest BCUT2D eigenvalue weighted by molar-refractivity contribution is 6.33. The van der Waals surface area contributed by atoms with E-state index in [2.05, 4.69) is 203 Å². The zero-order chi connectivity index (χ0) is 41.2. The molecule has 10 aromatic carbocycles. The van der Waals surface area contributed by atoms with Gasteiger partial charge in [-0.15, -0.1) is 0 Å². The molecule has 6 nitrogen and oxygen atoms in total. The van der Waals surface area contributed by atoms with E-state index >= 15 is 0 Å². The molecule has 4 heterocycles. The van der Waals surface area contributed by atoms with Crippen molar-refractivity contribution in [3.05, 3.63) is 200 Å². The quantitative estimate of drug-likeness (QED) is 0.163. The van der Waals surface area contributed by atoms with Crippen LogP contribution in [0.3, 0.4) is 0 Å². The second kappa shape index (κ2) is 12.9. The molecule has 0 saturated heterocycles. The maximum absolute atomic E-state index is 6.69. The Kier molecular flexibility index (Phi) is 7.02. The van der Waals surface area contributed by atoms with Crippen molar-refractivity contribution in [1.29, 1.82) is 0 Å². The monoisotopic (exact) mass is 803 g/mol. The van der Waals surface area contributed by atoms with E-state index in [9.17, 15) is 0 Å². The van der Waals surface area contributed by atoms with E-state index < -0.39 is 0 Å². The summed E-state index contributed by atoms with van der Waals surface area (Å²) < 4.78 is 11.3. The van der Waals surface area contributed by atoms with Crippen LogP contribution in [0.4, 0.5) is 0 Å². The van der Waals surface area contributed by atoms with Crippen molar-refractivity contribution in [2.45, 2.75) is 0 Å². The molecule has 63 heavy (non-hydrogen) atoms. The normalized spacial score (nSPS) is 12.1. The Hall–Kier alpha value is -8.61. The highest BCUT2D eigenvalue weighted by atomic mass is 16.3. The van der Waals surface area contributed by atoms with Crippen LogP contribution in [0.1, 0.15) is 0 Å². The van der Waals surface area contributed by atoms with Gasteiger partial charge < -0.3 is 8.98 Å². The van der Waals surface area contributed by atoms with Gasteiger partial charge in [-0.3, -0.25) is 4.57 Å². The molecule has 4 aromatic heterocycles. The maximum Gasteiger partial charge on any atom is 0.238 e. The SMILES string of the molecule is c1ccc(-c2ccc(-c3nc(-c4cc5oc6cccc7c8ccccc8c(c4)c5c67)nc(-n4c5ccccc5c5ccc6c7ccccc7n(-c7ccccc7)c6c54)n3)cc2)cc1. The van der Waals surface area contributed by atoms with Gasteiger partial charge >= 0.3 is 0 Å². The summed E-state index contributed by atoms with van der Waals surface area (Å²) in [6.45, 7) is 0. The van der Waals surface area contributed by atoms with Gasteiger partial charge in [0.05, 0.1) is 22.1 Å². The van der Waals surface area contributed by atoms with E-state index in [-0.39, 0.29) is 0 Å². The summed E-state index contributed by atoms with van der Waals surface area (Å²) in [5.74, 6) is 1.68. The second-order valence-corrected chi connectivity index (χ2v) is 16.3. The molecule has 14 aromatic rings. The Morgan fingerprint density at radius 3 is 1.56 bits per heavy atom. The molecule has 0 amide bonds. The smallest absolute Gasteiger partial charge is 0.238 e. The van der Waals surface area contributed by atoms with Crippen LogP contribution in [-0.4, -0.2) is 24.1 Å². The van der Waals surface area contributed by atoms with Crippen LogP contribution < -0.4 is 0 Å². The third kappa shape index (κ3) is 4.91. The largest absolute Gasteiger partial charge is 0.456 e. The molecule has 6 heteroatoms. The van der Waals surface area contributed by atoms with E-state index in [0.717, 1.165) is 98.9 Å². The van der Waals surface area contributed by atoms with Gasteiger partial charge in [0, 0.05) is 49.1 Å². The summed E-state index contributed by atoms with van der Waals surface area (Å²) in [5, 5.41) is 11.5. The summed E-state index contributed by atoms with van der Waals surface area (Å²) >= 11 is 0. The van der Waals surface area contributed by atoms with Crippen LogP contribution in [0, 0.1) is 0 Å². The van der Waals surface area contributed by atoms with E-state index in [4.69, 9.17) is 19.4 Å². The lowest BCUT2D eigenvalue weighted by atomic mass is 9.93. The van der Waals surface area contributed by atoms with Gasteiger partial charge in [0.2, 0.25) is 5.95 Å². The minimum Gasteiger partial charge on any atom is -0.456 e. The van der Waals surface area contributed by atoms with E-state index in [1.165, 1.54) is 16.2 Å². The minimum atomic E-state index is 0.534. The molecule has 0 N–H and O–H groups in total. The number of hydrogen-bond acceptors (Lipinski definition) is 4. The van der Waals surface area contributed by atoms with Crippen molar-refractivity contribution in [3.8, 4) is 45.5 Å². The van der Waals surface area contributed by atoms with Crippen molar-refractivity contribution in [2.75, 3.05) is 0 Å². The molecule has 0 atom stereocenters. The van der Waals surface area contributed by atoms with Crippen molar-refractivity contribution in [3.63, 3.8) is 0 Å². The minimum absolute atomic E-state index is 0.534. The lowest BCUT2D eigenvalue weighted by molar-refractivity contribution is 0.669. The van der Waals surface area contributed by atoms with Crippen LogP contribution in [0.2, 0.25) is 0 Å². The molecule has 0 unspecified atom stereocenters. The topological polar surface area (TPSA) is 61.7 Å². The number of hydrogen-bond donors (Lipinski definition) is 0. The molecular weight excluding hydrogens is 771 g/mol. The summed E-state index contributed by atoms with van der Waals surface area (Å²) in [6, 6.07) is 70.7. The molecule has 14 rings (SSSR count). The Labute approximate surface area is 359 Å². The van der Waals surface area contributed by atoms with Crippen molar-refractivity contribution < 1.29 is 4.42 Å². The number of fused-ring (bicyclic) bond motifs is 10. The first-order valence-electron chi connectivity index (χ1n) is 21.3. The molecule has 0 spiro atoms. The lowest BCUT2D eigenvalue weighted by Gasteiger charge is -2.14. The molecule has 292 valence electrons. The molecule has 0 saturated carbocycles. The average molecular weight is 804 g/mol. The number of para-hydroxylation sites is 3. The molecule has 0 aliphatic rings. The van der Waals surface area contributed by atoms with Gasteiger partial charge in [0.1, 0.15) is 11.2 Å². The summed E-state index contributed by atoms with van der Waals surface area (Å²) in [6.07, 6.45) is 0. The zero-order valence-corrected chi connectivity index (χ0v) is 33.7. The van der Waals surface area contributed by atoms with Crippen LogP contribution in [0.25, 0.3) is 133 Å². The highest BCUT2D eigenvalue weighted by Gasteiger charge is 2.25. The number of rotatable bonds is 5. The number of furan rings is 1. The summed E-state index contributed by atoms with van der Waals surface area (Å²) in [4.78, 5) is 16.3. The van der Waals surface area contributed by atoms with E-state index in [0.29, 0.717) is 17.6 Å². The van der Waals surface area contributed by atoms with Gasteiger partial charge in [-0.2, -0.15) is 9.97 Å². The van der Waals surface area contributed by atoms with Gasteiger partial charge in [0.15, 0.2) is 11.6 Å². The molecule has 0 bridgehead atoms. The number of benzene rings is 10. The van der Waals surface area contributed by atoms with Gasteiger partial charge in [0.25, 0.3) is 0 Å². The predicted molar refractivity (Wildman–Crippen MR) is 258 cm³/mol. The summed E-state index contributed by atoms with van der Waals surface area (Å²) in [7, 11) is 0. The second-order valence-electron chi connectivity index (χ2n) is 16.3. The first-order chi connectivity index (χ1) is 31.2. The van der Waals surface area contributed by atoms with E-state index in [1.54, 1.807) is 0 Å². The summed E-state index contributed by atoms with van der Waals surface area (Å²) in [5.41, 5.74) is 11.0. The molecular formula is C57H33N5O. The molecule has 0 aliphatic heterocycles. The van der Waals surface area contributed by atoms with Gasteiger partial charge in [-0.25, -0.2) is 4.98 Å². The maximum atomic E-state index is 6.69. The van der Waals surface area contributed by atoms with E-state index in [1.807, 2.05) is 6.07 Å². The lowest BCUT2D eigenvalue weighted by Crippen LogP contribution is -2.07. The van der Waals surface area contributed by atoms with Crippen molar-refractivity contribution in [1.82, 2.24) is 24.1 Å². The van der Waals surface area contributed by atoms with Crippen LogP contribution in [0.5, 0.6) is 0 Å². The zero-order valence-electron chi connectivity index (χ0n) is 33.7. The first kappa shape index (κ1) is 34.1. The number of aromatic nitrogens is 5.